The van der Waals surface area contributed by atoms with Crippen LogP contribution in [0.1, 0.15) is 12.5 Å². The average molecular weight is 383 g/mol. The predicted molar refractivity (Wildman–Crippen MR) is 102 cm³/mol. The quantitative estimate of drug-likeness (QED) is 0.755. The average Bonchev–Trinajstić information content (AvgIpc) is 2.59. The summed E-state index contributed by atoms with van der Waals surface area (Å²) in [5, 5.41) is 6.85. The van der Waals surface area contributed by atoms with Gasteiger partial charge in [-0.25, -0.2) is 0 Å². The van der Waals surface area contributed by atoms with E-state index in [2.05, 4.69) is 10.6 Å². The Morgan fingerprint density at radius 1 is 1.04 bits per heavy atom. The van der Waals surface area contributed by atoms with Crippen LogP contribution >= 0.6 is 23.2 Å². The summed E-state index contributed by atoms with van der Waals surface area (Å²) in [5.74, 6) is 0.979. The Morgan fingerprint density at radius 3 is 2.32 bits per heavy atom. The van der Waals surface area contributed by atoms with Crippen LogP contribution in [0.2, 0.25) is 10.0 Å². The van der Waals surface area contributed by atoms with Crippen molar-refractivity contribution in [2.75, 3.05) is 24.9 Å². The molecular formula is C18H20Cl2N2O3. The van der Waals surface area contributed by atoms with Crippen molar-refractivity contribution in [2.24, 2.45) is 0 Å². The van der Waals surface area contributed by atoms with Crippen LogP contribution in [0, 0.1) is 6.92 Å². The standard InChI is InChI=1S/C18H20Cl2N2O3/c1-10-7-16(24-3)17(25-4)9-14(10)21-11(2)18(23)22-15-8-12(19)5-6-13(15)20/h5-9,11,21H,1-4H3,(H,22,23)/t11-/m0/s1. The van der Waals surface area contributed by atoms with Gasteiger partial charge in [-0.15, -0.1) is 0 Å². The predicted octanol–water partition coefficient (Wildman–Crippen LogP) is 4.76. The molecule has 25 heavy (non-hydrogen) atoms. The lowest BCUT2D eigenvalue weighted by Gasteiger charge is -2.19. The van der Waals surface area contributed by atoms with Crippen molar-refractivity contribution < 1.29 is 14.3 Å². The van der Waals surface area contributed by atoms with E-state index >= 15 is 0 Å². The van der Waals surface area contributed by atoms with Crippen molar-refractivity contribution in [2.45, 2.75) is 19.9 Å². The smallest absolute Gasteiger partial charge is 0.246 e. The molecule has 2 rings (SSSR count). The topological polar surface area (TPSA) is 59.6 Å². The van der Waals surface area contributed by atoms with Crippen molar-refractivity contribution in [1.29, 1.82) is 0 Å². The number of methoxy groups -OCH3 is 2. The van der Waals surface area contributed by atoms with E-state index in [1.54, 1.807) is 45.4 Å². The van der Waals surface area contributed by atoms with Crippen LogP contribution in [-0.2, 0) is 4.79 Å². The molecule has 0 saturated carbocycles. The number of hydrogen-bond donors (Lipinski definition) is 2. The van der Waals surface area contributed by atoms with Gasteiger partial charge in [0.15, 0.2) is 11.5 Å². The Balaban J connectivity index is 2.14. The molecule has 0 unspecified atom stereocenters. The summed E-state index contributed by atoms with van der Waals surface area (Å²) in [6, 6.07) is 8.04. The van der Waals surface area contributed by atoms with E-state index in [1.165, 1.54) is 0 Å². The van der Waals surface area contributed by atoms with Crippen molar-refractivity contribution in [3.8, 4) is 11.5 Å². The van der Waals surface area contributed by atoms with Crippen LogP contribution in [0.15, 0.2) is 30.3 Å². The minimum atomic E-state index is -0.508. The van der Waals surface area contributed by atoms with Crippen LogP contribution in [0.4, 0.5) is 11.4 Å². The Bertz CT molecular complexity index is 781. The molecular weight excluding hydrogens is 363 g/mol. The van der Waals surface area contributed by atoms with Gasteiger partial charge in [0.1, 0.15) is 6.04 Å². The molecule has 0 radical (unpaired) electrons. The van der Waals surface area contributed by atoms with Gasteiger partial charge < -0.3 is 20.1 Å². The largest absolute Gasteiger partial charge is 0.493 e. The molecule has 0 aromatic heterocycles. The number of aryl methyl sites for hydroxylation is 1. The van der Waals surface area contributed by atoms with Gasteiger partial charge in [-0.1, -0.05) is 23.2 Å². The maximum atomic E-state index is 12.4. The maximum Gasteiger partial charge on any atom is 0.246 e. The van der Waals surface area contributed by atoms with Crippen LogP contribution in [0.25, 0.3) is 0 Å². The summed E-state index contributed by atoms with van der Waals surface area (Å²) in [7, 11) is 3.14. The molecule has 134 valence electrons. The third-order valence-corrected chi connectivity index (χ3v) is 4.25. The normalized spacial score (nSPS) is 11.6. The molecule has 0 saturated heterocycles. The van der Waals surface area contributed by atoms with Gasteiger partial charge in [-0.3, -0.25) is 4.79 Å². The number of carbonyl (C=O) groups excluding carboxylic acids is 1. The zero-order chi connectivity index (χ0) is 18.6. The molecule has 0 bridgehead atoms. The second-order valence-electron chi connectivity index (χ2n) is 5.50. The number of amides is 1. The van der Waals surface area contributed by atoms with Gasteiger partial charge >= 0.3 is 0 Å². The first-order chi connectivity index (χ1) is 11.8. The van der Waals surface area contributed by atoms with Crippen molar-refractivity contribution >= 4 is 40.5 Å². The van der Waals surface area contributed by atoms with Crippen molar-refractivity contribution in [3.05, 3.63) is 45.9 Å². The molecule has 5 nitrogen and oxygen atoms in total. The second kappa shape index (κ2) is 8.32. The molecule has 0 aliphatic carbocycles. The highest BCUT2D eigenvalue weighted by atomic mass is 35.5. The lowest BCUT2D eigenvalue weighted by molar-refractivity contribution is -0.116. The van der Waals surface area contributed by atoms with Crippen LogP contribution in [0.3, 0.4) is 0 Å². The van der Waals surface area contributed by atoms with Gasteiger partial charge in [0.25, 0.3) is 0 Å². The summed E-state index contributed by atoms with van der Waals surface area (Å²) in [4.78, 5) is 12.4. The van der Waals surface area contributed by atoms with E-state index in [4.69, 9.17) is 32.7 Å². The van der Waals surface area contributed by atoms with Gasteiger partial charge in [-0.05, 0) is 43.7 Å². The lowest BCUT2D eigenvalue weighted by Crippen LogP contribution is -2.32. The van der Waals surface area contributed by atoms with Crippen molar-refractivity contribution in [1.82, 2.24) is 0 Å². The molecule has 1 atom stereocenters. The number of halogens is 2. The zero-order valence-electron chi connectivity index (χ0n) is 14.4. The molecule has 0 spiro atoms. The Hall–Kier alpha value is -2.11. The molecule has 0 aliphatic heterocycles. The van der Waals surface area contributed by atoms with E-state index in [0.29, 0.717) is 27.2 Å². The lowest BCUT2D eigenvalue weighted by atomic mass is 10.1. The minimum absolute atomic E-state index is 0.238. The van der Waals surface area contributed by atoms with E-state index in [0.717, 1.165) is 11.3 Å². The summed E-state index contributed by atoms with van der Waals surface area (Å²) in [5.41, 5.74) is 2.17. The van der Waals surface area contributed by atoms with Gasteiger partial charge in [0.2, 0.25) is 5.91 Å². The first-order valence-corrected chi connectivity index (χ1v) is 8.36. The molecule has 7 heteroatoms. The number of nitrogens with one attached hydrogen (secondary N) is 2. The van der Waals surface area contributed by atoms with E-state index in [1.807, 2.05) is 13.0 Å². The third-order valence-electron chi connectivity index (χ3n) is 3.68. The SMILES string of the molecule is COc1cc(C)c(N[C@@H](C)C(=O)Nc2cc(Cl)ccc2Cl)cc1OC. The second-order valence-corrected chi connectivity index (χ2v) is 6.35. The van der Waals surface area contributed by atoms with E-state index in [-0.39, 0.29) is 5.91 Å². The molecule has 2 aromatic carbocycles. The fourth-order valence-electron chi connectivity index (χ4n) is 2.27. The molecule has 1 amide bonds. The van der Waals surface area contributed by atoms with E-state index < -0.39 is 6.04 Å². The number of anilines is 2. The van der Waals surface area contributed by atoms with Crippen LogP contribution < -0.4 is 20.1 Å². The Labute approximate surface area is 157 Å². The fraction of sp³-hybridized carbons (Fsp3) is 0.278. The summed E-state index contributed by atoms with van der Waals surface area (Å²) < 4.78 is 10.6. The fourth-order valence-corrected chi connectivity index (χ4v) is 2.61. The number of rotatable bonds is 6. The highest BCUT2D eigenvalue weighted by Gasteiger charge is 2.17. The Kier molecular flexibility index (Phi) is 6.39. The summed E-state index contributed by atoms with van der Waals surface area (Å²) >= 11 is 12.0. The first-order valence-electron chi connectivity index (χ1n) is 7.60. The Morgan fingerprint density at radius 2 is 1.68 bits per heavy atom. The summed E-state index contributed by atoms with van der Waals surface area (Å²) in [6.07, 6.45) is 0. The van der Waals surface area contributed by atoms with Gasteiger partial charge in [0, 0.05) is 16.8 Å². The zero-order valence-corrected chi connectivity index (χ0v) is 16.0. The summed E-state index contributed by atoms with van der Waals surface area (Å²) in [6.45, 7) is 3.67. The highest BCUT2D eigenvalue weighted by Crippen LogP contribution is 2.33. The van der Waals surface area contributed by atoms with Gasteiger partial charge in [0.05, 0.1) is 24.9 Å². The first kappa shape index (κ1) is 19.2. The van der Waals surface area contributed by atoms with E-state index in [9.17, 15) is 4.79 Å². The molecule has 0 fully saturated rings. The highest BCUT2D eigenvalue weighted by molar-refractivity contribution is 6.35. The van der Waals surface area contributed by atoms with Crippen LogP contribution in [-0.4, -0.2) is 26.2 Å². The van der Waals surface area contributed by atoms with Crippen molar-refractivity contribution in [3.63, 3.8) is 0 Å². The third kappa shape index (κ3) is 4.71. The number of ether oxygens (including phenoxy) is 2. The minimum Gasteiger partial charge on any atom is -0.493 e. The molecule has 0 aliphatic rings. The number of hydrogen-bond acceptors (Lipinski definition) is 4. The molecule has 0 heterocycles. The van der Waals surface area contributed by atoms with Crippen LogP contribution in [0.5, 0.6) is 11.5 Å². The monoisotopic (exact) mass is 382 g/mol. The molecule has 2 N–H and O–H groups in total. The maximum absolute atomic E-state index is 12.4. The molecule has 2 aromatic rings. The number of benzene rings is 2. The van der Waals surface area contributed by atoms with Gasteiger partial charge in [-0.2, -0.15) is 0 Å². The number of carbonyl (C=O) groups is 1.